The molecule has 0 saturated carbocycles. The second-order valence-electron chi connectivity index (χ2n) is 8.17. The smallest absolute Gasteiger partial charge is 0.166 e. The number of halogens is 1. The first-order valence-corrected chi connectivity index (χ1v) is 11.3. The van der Waals surface area contributed by atoms with Gasteiger partial charge < -0.3 is 23.7 Å². The van der Waals surface area contributed by atoms with E-state index < -0.39 is 6.10 Å². The number of hydrogen-bond donors (Lipinski definition) is 0. The molecule has 0 amide bonds. The maximum absolute atomic E-state index is 6.84. The van der Waals surface area contributed by atoms with E-state index in [1.807, 2.05) is 43.3 Å². The van der Waals surface area contributed by atoms with Gasteiger partial charge in [0.05, 0.1) is 38.8 Å². The molecule has 0 bridgehead atoms. The molecule has 2 aliphatic heterocycles. The third kappa shape index (κ3) is 3.89. The number of methoxy groups -OCH3 is 2. The van der Waals surface area contributed by atoms with Crippen molar-refractivity contribution in [1.82, 2.24) is 9.55 Å². The molecule has 0 spiro atoms. The lowest BCUT2D eigenvalue weighted by Gasteiger charge is -2.26. The Morgan fingerprint density at radius 3 is 2.58 bits per heavy atom. The first kappa shape index (κ1) is 22.2. The van der Waals surface area contributed by atoms with E-state index in [0.29, 0.717) is 36.2 Å². The van der Waals surface area contributed by atoms with Crippen LogP contribution in [0.1, 0.15) is 47.0 Å². The van der Waals surface area contributed by atoms with Gasteiger partial charge in [-0.1, -0.05) is 23.7 Å². The minimum atomic E-state index is -0.475. The molecule has 0 unspecified atom stereocenters. The molecule has 1 fully saturated rings. The van der Waals surface area contributed by atoms with Crippen molar-refractivity contribution in [1.29, 1.82) is 0 Å². The highest BCUT2D eigenvalue weighted by Crippen LogP contribution is 2.47. The summed E-state index contributed by atoms with van der Waals surface area (Å²) in [6, 6.07) is 11.6. The molecular formula is C25H27ClN2O5. The Morgan fingerprint density at radius 2 is 1.85 bits per heavy atom. The second-order valence-corrected chi connectivity index (χ2v) is 8.61. The summed E-state index contributed by atoms with van der Waals surface area (Å²) in [4.78, 5) is 4.90. The fourth-order valence-corrected chi connectivity index (χ4v) is 4.81. The summed E-state index contributed by atoms with van der Waals surface area (Å²) in [5.41, 5.74) is 4.74. The van der Waals surface area contributed by atoms with E-state index in [-0.39, 0.29) is 12.4 Å². The molecule has 2 aliphatic rings. The summed E-state index contributed by atoms with van der Waals surface area (Å²) in [6.45, 7) is 5.23. The van der Waals surface area contributed by atoms with Gasteiger partial charge in [-0.25, -0.2) is 4.98 Å². The van der Waals surface area contributed by atoms with E-state index in [1.54, 1.807) is 14.2 Å². The summed E-state index contributed by atoms with van der Waals surface area (Å²) in [7, 11) is 3.26. The standard InChI is InChI=1S/C25H27ClN2O5/c1-14-15(2)28-19-9-8-16(26)12-18(19)23(17-6-5-7-20(29-3)24(17)30-4)33-21(25(28)27-14)13-22-31-10-11-32-22/h5-9,12,21-23H,10-11,13H2,1-4H3/t21-,23-/m0/s1. The maximum atomic E-state index is 6.84. The van der Waals surface area contributed by atoms with Gasteiger partial charge in [0.25, 0.3) is 0 Å². The van der Waals surface area contributed by atoms with Gasteiger partial charge in [-0.2, -0.15) is 0 Å². The van der Waals surface area contributed by atoms with Crippen LogP contribution in [-0.2, 0) is 14.2 Å². The highest BCUT2D eigenvalue weighted by molar-refractivity contribution is 6.30. The van der Waals surface area contributed by atoms with Crippen molar-refractivity contribution < 1.29 is 23.7 Å². The van der Waals surface area contributed by atoms with Crippen LogP contribution in [0.25, 0.3) is 5.69 Å². The number of fused-ring (bicyclic) bond motifs is 3. The van der Waals surface area contributed by atoms with Crippen LogP contribution < -0.4 is 9.47 Å². The van der Waals surface area contributed by atoms with Gasteiger partial charge in [0, 0.05) is 28.3 Å². The zero-order chi connectivity index (χ0) is 23.1. The number of para-hydroxylation sites is 1. The first-order valence-electron chi connectivity index (χ1n) is 11.0. The van der Waals surface area contributed by atoms with E-state index in [4.69, 9.17) is 40.3 Å². The molecule has 2 aromatic carbocycles. The van der Waals surface area contributed by atoms with Gasteiger partial charge in [0.2, 0.25) is 0 Å². The van der Waals surface area contributed by atoms with Crippen LogP contribution in [-0.4, -0.2) is 43.3 Å². The number of rotatable bonds is 5. The molecule has 8 heteroatoms. The van der Waals surface area contributed by atoms with Crippen LogP contribution in [0, 0.1) is 13.8 Å². The van der Waals surface area contributed by atoms with Gasteiger partial charge in [-0.3, -0.25) is 4.57 Å². The number of hydrogen-bond acceptors (Lipinski definition) is 6. The average molecular weight is 471 g/mol. The van der Waals surface area contributed by atoms with Gasteiger partial charge >= 0.3 is 0 Å². The topological polar surface area (TPSA) is 64.0 Å². The van der Waals surface area contributed by atoms with Gasteiger partial charge in [0.15, 0.2) is 17.8 Å². The Kier molecular flexibility index (Phi) is 6.05. The minimum Gasteiger partial charge on any atom is -0.493 e. The van der Waals surface area contributed by atoms with Crippen molar-refractivity contribution in [3.63, 3.8) is 0 Å². The van der Waals surface area contributed by atoms with Crippen LogP contribution in [0.5, 0.6) is 11.5 Å². The van der Waals surface area contributed by atoms with Crippen molar-refractivity contribution in [2.24, 2.45) is 0 Å². The minimum absolute atomic E-state index is 0.349. The Bertz CT molecular complexity index is 1170. The molecule has 174 valence electrons. The van der Waals surface area contributed by atoms with Crippen LogP contribution in [0.15, 0.2) is 36.4 Å². The molecule has 33 heavy (non-hydrogen) atoms. The second kappa shape index (κ2) is 8.99. The molecule has 1 aromatic heterocycles. The molecule has 0 radical (unpaired) electrons. The summed E-state index contributed by atoms with van der Waals surface area (Å²) in [5, 5.41) is 0.626. The van der Waals surface area contributed by atoms with Crippen LogP contribution in [0.2, 0.25) is 5.02 Å². The quantitative estimate of drug-likeness (QED) is 0.518. The SMILES string of the molecule is COc1cccc([C@@H]2O[C@@H](CC3OCCO3)c3nc(C)c(C)n3-c3ccc(Cl)cc32)c1OC. The predicted molar refractivity (Wildman–Crippen MR) is 124 cm³/mol. The number of aryl methyl sites for hydroxylation is 1. The molecule has 5 rings (SSSR count). The van der Waals surface area contributed by atoms with Crippen molar-refractivity contribution in [2.45, 2.75) is 38.8 Å². The molecule has 3 aromatic rings. The monoisotopic (exact) mass is 470 g/mol. The average Bonchev–Trinajstić information content (AvgIpc) is 3.41. The Labute approximate surface area is 198 Å². The van der Waals surface area contributed by atoms with Gasteiger partial charge in [0.1, 0.15) is 18.0 Å². The lowest BCUT2D eigenvalue weighted by atomic mass is 9.98. The summed E-state index contributed by atoms with van der Waals surface area (Å²) in [5.74, 6) is 2.07. The Balaban J connectivity index is 1.72. The first-order chi connectivity index (χ1) is 16.0. The lowest BCUT2D eigenvalue weighted by molar-refractivity contribution is -0.0969. The number of aromatic nitrogens is 2. The van der Waals surface area contributed by atoms with Crippen LogP contribution in [0.4, 0.5) is 0 Å². The molecule has 2 atom stereocenters. The van der Waals surface area contributed by atoms with Crippen molar-refractivity contribution in [3.05, 3.63) is 69.8 Å². The lowest BCUT2D eigenvalue weighted by Crippen LogP contribution is -2.19. The van der Waals surface area contributed by atoms with Crippen molar-refractivity contribution >= 4 is 11.6 Å². The Morgan fingerprint density at radius 1 is 1.06 bits per heavy atom. The molecular weight excluding hydrogens is 444 g/mol. The molecule has 7 nitrogen and oxygen atoms in total. The summed E-state index contributed by atoms with van der Waals surface area (Å²) >= 11 is 6.48. The predicted octanol–water partition coefficient (Wildman–Crippen LogP) is 5.08. The van der Waals surface area contributed by atoms with Gasteiger partial charge in [-0.15, -0.1) is 0 Å². The molecule has 0 aliphatic carbocycles. The largest absolute Gasteiger partial charge is 0.493 e. The summed E-state index contributed by atoms with van der Waals surface area (Å²) < 4.78 is 31.9. The highest BCUT2D eigenvalue weighted by atomic mass is 35.5. The number of nitrogens with zero attached hydrogens (tertiary/aromatic N) is 2. The molecule has 1 saturated heterocycles. The third-order valence-corrected chi connectivity index (χ3v) is 6.52. The number of ether oxygens (including phenoxy) is 5. The van der Waals surface area contributed by atoms with Gasteiger partial charge in [-0.05, 0) is 38.1 Å². The normalized spacial score (nSPS) is 20.3. The highest BCUT2D eigenvalue weighted by Gasteiger charge is 2.37. The number of imidazole rings is 1. The van der Waals surface area contributed by atoms with Crippen molar-refractivity contribution in [2.75, 3.05) is 27.4 Å². The third-order valence-electron chi connectivity index (χ3n) is 6.28. The van der Waals surface area contributed by atoms with Crippen molar-refractivity contribution in [3.8, 4) is 17.2 Å². The van der Waals surface area contributed by atoms with E-state index in [9.17, 15) is 0 Å². The molecule has 0 N–H and O–H groups in total. The number of benzene rings is 2. The fraction of sp³-hybridized carbons (Fsp3) is 0.400. The Hall–Kier alpha value is -2.58. The zero-order valence-corrected chi connectivity index (χ0v) is 19.9. The van der Waals surface area contributed by atoms with E-state index in [1.165, 1.54) is 0 Å². The molecule has 3 heterocycles. The van der Waals surface area contributed by atoms with E-state index in [0.717, 1.165) is 34.0 Å². The summed E-state index contributed by atoms with van der Waals surface area (Å²) in [6.07, 6.45) is -0.692. The maximum Gasteiger partial charge on any atom is 0.166 e. The zero-order valence-electron chi connectivity index (χ0n) is 19.1. The fourth-order valence-electron chi connectivity index (χ4n) is 4.63. The van der Waals surface area contributed by atoms with E-state index >= 15 is 0 Å². The van der Waals surface area contributed by atoms with Crippen LogP contribution >= 0.6 is 11.6 Å². The van der Waals surface area contributed by atoms with Crippen LogP contribution in [0.3, 0.4) is 0 Å². The van der Waals surface area contributed by atoms with E-state index in [2.05, 4.69) is 11.5 Å².